The van der Waals surface area contributed by atoms with Crippen LogP contribution in [0.5, 0.6) is 0 Å². The quantitative estimate of drug-likeness (QED) is 0.756. The maximum atomic E-state index is 12.2. The molecule has 0 aliphatic heterocycles. The number of aryl methyl sites for hydroxylation is 2. The van der Waals surface area contributed by atoms with Crippen LogP contribution in [0.1, 0.15) is 31.0 Å². The van der Waals surface area contributed by atoms with Crippen LogP contribution in [0.3, 0.4) is 0 Å². The first-order valence-corrected chi connectivity index (χ1v) is 8.23. The number of para-hydroxylation sites is 1. The van der Waals surface area contributed by atoms with E-state index in [0.717, 1.165) is 30.9 Å². The number of nitrogens with zero attached hydrogens (tertiary/aromatic N) is 4. The van der Waals surface area contributed by atoms with Gasteiger partial charge >= 0.3 is 0 Å². The Balaban J connectivity index is 1.68. The van der Waals surface area contributed by atoms with Gasteiger partial charge in [0.05, 0.1) is 16.9 Å². The second-order valence-electron chi connectivity index (χ2n) is 6.15. The molecule has 0 amide bonds. The minimum absolute atomic E-state index is 0.0474. The van der Waals surface area contributed by atoms with E-state index in [4.69, 9.17) is 0 Å². The summed E-state index contributed by atoms with van der Waals surface area (Å²) in [6.45, 7) is 5.92. The Morgan fingerprint density at radius 3 is 2.88 bits per heavy atom. The molecule has 0 radical (unpaired) electrons. The number of aromatic nitrogens is 4. The second kappa shape index (κ2) is 6.97. The maximum Gasteiger partial charge on any atom is 0.258 e. The highest BCUT2D eigenvalue weighted by molar-refractivity contribution is 5.77. The minimum Gasteiger partial charge on any atom is -0.335 e. The molecule has 2 aromatic heterocycles. The Kier molecular flexibility index (Phi) is 4.76. The molecule has 3 aromatic rings. The minimum atomic E-state index is -0.0788. The van der Waals surface area contributed by atoms with Gasteiger partial charge in [-0.25, -0.2) is 9.97 Å². The molecule has 0 bridgehead atoms. The normalized spacial score (nSPS) is 12.8. The molecule has 0 unspecified atom stereocenters. The summed E-state index contributed by atoms with van der Waals surface area (Å²) in [7, 11) is 2.06. The van der Waals surface area contributed by atoms with Crippen molar-refractivity contribution in [1.29, 1.82) is 0 Å². The number of H-pyrrole nitrogens is 1. The highest BCUT2D eigenvalue weighted by Crippen LogP contribution is 2.16. The molecule has 126 valence electrons. The van der Waals surface area contributed by atoms with Crippen molar-refractivity contribution in [2.45, 2.75) is 32.9 Å². The van der Waals surface area contributed by atoms with Crippen LogP contribution in [0.15, 0.2) is 41.5 Å². The van der Waals surface area contributed by atoms with Gasteiger partial charge in [0.25, 0.3) is 5.56 Å². The van der Waals surface area contributed by atoms with Crippen molar-refractivity contribution in [3.8, 4) is 0 Å². The van der Waals surface area contributed by atoms with Crippen LogP contribution in [0.2, 0.25) is 0 Å². The van der Waals surface area contributed by atoms with E-state index in [1.165, 1.54) is 0 Å². The molecule has 0 aliphatic rings. The smallest absolute Gasteiger partial charge is 0.258 e. The SMILES string of the molecule is Cc1nccn1CCCN(C)[C@H](C)c1nc2ccccc2c(=O)[nH]1. The van der Waals surface area contributed by atoms with Gasteiger partial charge in [-0.2, -0.15) is 0 Å². The Morgan fingerprint density at radius 1 is 1.33 bits per heavy atom. The fourth-order valence-corrected chi connectivity index (χ4v) is 2.84. The van der Waals surface area contributed by atoms with Gasteiger partial charge in [0, 0.05) is 25.5 Å². The van der Waals surface area contributed by atoms with Gasteiger partial charge in [0.2, 0.25) is 0 Å². The maximum absolute atomic E-state index is 12.2. The van der Waals surface area contributed by atoms with Crippen molar-refractivity contribution in [1.82, 2.24) is 24.4 Å². The van der Waals surface area contributed by atoms with E-state index >= 15 is 0 Å². The molecule has 0 saturated carbocycles. The van der Waals surface area contributed by atoms with E-state index in [2.05, 4.69) is 38.4 Å². The largest absolute Gasteiger partial charge is 0.335 e. The third-order valence-corrected chi connectivity index (χ3v) is 4.52. The third-order valence-electron chi connectivity index (χ3n) is 4.52. The monoisotopic (exact) mass is 325 g/mol. The molecule has 0 aliphatic carbocycles. The van der Waals surface area contributed by atoms with E-state index < -0.39 is 0 Å². The van der Waals surface area contributed by atoms with Gasteiger partial charge in [0.1, 0.15) is 11.6 Å². The Labute approximate surface area is 141 Å². The lowest BCUT2D eigenvalue weighted by molar-refractivity contribution is 0.244. The summed E-state index contributed by atoms with van der Waals surface area (Å²) in [4.78, 5) is 26.2. The molecule has 1 aromatic carbocycles. The number of benzene rings is 1. The topological polar surface area (TPSA) is 66.8 Å². The molecular formula is C18H23N5O. The number of imidazole rings is 1. The molecule has 24 heavy (non-hydrogen) atoms. The van der Waals surface area contributed by atoms with Crippen LogP contribution in [0, 0.1) is 6.92 Å². The zero-order chi connectivity index (χ0) is 17.1. The van der Waals surface area contributed by atoms with Crippen molar-refractivity contribution < 1.29 is 0 Å². The molecular weight excluding hydrogens is 302 g/mol. The molecule has 0 spiro atoms. The summed E-state index contributed by atoms with van der Waals surface area (Å²) in [5.41, 5.74) is 0.662. The standard InChI is InChI=1S/C18H23N5O/c1-13(22(3)10-6-11-23-12-9-19-14(23)2)17-20-16-8-5-4-7-15(16)18(24)21-17/h4-5,7-9,12-13H,6,10-11H2,1-3H3,(H,20,21,24)/t13-/m1/s1. The Hall–Kier alpha value is -2.47. The summed E-state index contributed by atoms with van der Waals surface area (Å²) in [6, 6.07) is 7.48. The third kappa shape index (κ3) is 3.38. The van der Waals surface area contributed by atoms with Crippen molar-refractivity contribution in [3.63, 3.8) is 0 Å². The van der Waals surface area contributed by atoms with Crippen LogP contribution in [0.25, 0.3) is 10.9 Å². The zero-order valence-electron chi connectivity index (χ0n) is 14.4. The molecule has 0 fully saturated rings. The molecule has 0 saturated heterocycles. The molecule has 6 heteroatoms. The van der Waals surface area contributed by atoms with Gasteiger partial charge in [-0.05, 0) is 39.4 Å². The second-order valence-corrected chi connectivity index (χ2v) is 6.15. The van der Waals surface area contributed by atoms with Gasteiger partial charge in [-0.15, -0.1) is 0 Å². The number of hydrogen-bond acceptors (Lipinski definition) is 4. The van der Waals surface area contributed by atoms with E-state index in [1.807, 2.05) is 37.5 Å². The number of fused-ring (bicyclic) bond motifs is 1. The summed E-state index contributed by atoms with van der Waals surface area (Å²) in [5.74, 6) is 1.74. The first-order chi connectivity index (χ1) is 11.6. The molecule has 2 heterocycles. The predicted octanol–water partition coefficient (Wildman–Crippen LogP) is 2.51. The summed E-state index contributed by atoms with van der Waals surface area (Å²) >= 11 is 0. The number of nitrogens with one attached hydrogen (secondary N) is 1. The first-order valence-electron chi connectivity index (χ1n) is 8.23. The van der Waals surface area contributed by atoms with Crippen molar-refractivity contribution in [3.05, 3.63) is 58.7 Å². The fraction of sp³-hybridized carbons (Fsp3) is 0.389. The average Bonchev–Trinajstić information content (AvgIpc) is 2.99. The fourth-order valence-electron chi connectivity index (χ4n) is 2.84. The van der Waals surface area contributed by atoms with Crippen LogP contribution < -0.4 is 5.56 Å². The van der Waals surface area contributed by atoms with Crippen LogP contribution in [0.4, 0.5) is 0 Å². The average molecular weight is 325 g/mol. The highest BCUT2D eigenvalue weighted by Gasteiger charge is 2.15. The molecule has 1 N–H and O–H groups in total. The van der Waals surface area contributed by atoms with Crippen LogP contribution in [-0.2, 0) is 6.54 Å². The van der Waals surface area contributed by atoms with E-state index in [-0.39, 0.29) is 11.6 Å². The number of hydrogen-bond donors (Lipinski definition) is 1. The lowest BCUT2D eigenvalue weighted by atomic mass is 10.2. The van der Waals surface area contributed by atoms with E-state index in [1.54, 1.807) is 6.07 Å². The van der Waals surface area contributed by atoms with E-state index in [9.17, 15) is 4.79 Å². The molecule has 6 nitrogen and oxygen atoms in total. The van der Waals surface area contributed by atoms with Crippen LogP contribution >= 0.6 is 0 Å². The molecule has 1 atom stereocenters. The zero-order valence-corrected chi connectivity index (χ0v) is 14.4. The van der Waals surface area contributed by atoms with Crippen LogP contribution in [-0.4, -0.2) is 38.0 Å². The van der Waals surface area contributed by atoms with Crippen molar-refractivity contribution >= 4 is 10.9 Å². The number of rotatable bonds is 6. The van der Waals surface area contributed by atoms with E-state index in [0.29, 0.717) is 11.2 Å². The highest BCUT2D eigenvalue weighted by atomic mass is 16.1. The summed E-state index contributed by atoms with van der Waals surface area (Å²) in [5, 5.41) is 0.631. The van der Waals surface area contributed by atoms with Crippen molar-refractivity contribution in [2.24, 2.45) is 0 Å². The number of aromatic amines is 1. The van der Waals surface area contributed by atoms with Crippen molar-refractivity contribution in [2.75, 3.05) is 13.6 Å². The lowest BCUT2D eigenvalue weighted by Gasteiger charge is -2.24. The lowest BCUT2D eigenvalue weighted by Crippen LogP contribution is -2.27. The van der Waals surface area contributed by atoms with Gasteiger partial charge in [-0.3, -0.25) is 9.69 Å². The predicted molar refractivity (Wildman–Crippen MR) is 95.0 cm³/mol. The van der Waals surface area contributed by atoms with Gasteiger partial charge in [0.15, 0.2) is 0 Å². The molecule has 3 rings (SSSR count). The Bertz CT molecular complexity index is 882. The first kappa shape index (κ1) is 16.4. The Morgan fingerprint density at radius 2 is 2.12 bits per heavy atom. The summed E-state index contributed by atoms with van der Waals surface area (Å²) < 4.78 is 2.15. The summed E-state index contributed by atoms with van der Waals surface area (Å²) in [6.07, 6.45) is 4.84. The van der Waals surface area contributed by atoms with Gasteiger partial charge in [-0.1, -0.05) is 12.1 Å². The van der Waals surface area contributed by atoms with Gasteiger partial charge < -0.3 is 9.55 Å².